The van der Waals surface area contributed by atoms with Gasteiger partial charge in [-0.25, -0.2) is 9.37 Å². The first-order chi connectivity index (χ1) is 11.1. The molecular weight excluding hydrogens is 291 g/mol. The van der Waals surface area contributed by atoms with Crippen molar-refractivity contribution in [1.82, 2.24) is 9.97 Å². The van der Waals surface area contributed by atoms with Crippen molar-refractivity contribution in [1.29, 1.82) is 0 Å². The minimum absolute atomic E-state index is 0.0982. The van der Waals surface area contributed by atoms with Crippen molar-refractivity contribution in [3.8, 4) is 11.1 Å². The number of anilines is 2. The van der Waals surface area contributed by atoms with E-state index in [0.717, 1.165) is 11.1 Å². The van der Waals surface area contributed by atoms with Crippen LogP contribution in [0.25, 0.3) is 23.3 Å². The van der Waals surface area contributed by atoms with E-state index in [4.69, 9.17) is 11.5 Å². The molecule has 0 aliphatic rings. The molecule has 4 N–H and O–H groups in total. The summed E-state index contributed by atoms with van der Waals surface area (Å²) >= 11 is 0. The molecule has 0 amide bonds. The zero-order valence-corrected chi connectivity index (χ0v) is 12.3. The van der Waals surface area contributed by atoms with Gasteiger partial charge in [0.25, 0.3) is 0 Å². The molecule has 23 heavy (non-hydrogen) atoms. The van der Waals surface area contributed by atoms with Crippen molar-refractivity contribution >= 4 is 23.9 Å². The predicted molar refractivity (Wildman–Crippen MR) is 91.6 cm³/mol. The summed E-state index contributed by atoms with van der Waals surface area (Å²) in [4.78, 5) is 8.26. The van der Waals surface area contributed by atoms with Crippen molar-refractivity contribution in [3.05, 3.63) is 71.7 Å². The van der Waals surface area contributed by atoms with Crippen molar-refractivity contribution in [2.45, 2.75) is 0 Å². The monoisotopic (exact) mass is 306 g/mol. The van der Waals surface area contributed by atoms with E-state index in [0.29, 0.717) is 11.3 Å². The summed E-state index contributed by atoms with van der Waals surface area (Å²) in [6, 6.07) is 15.8. The first-order valence-corrected chi connectivity index (χ1v) is 7.05. The lowest BCUT2D eigenvalue weighted by molar-refractivity contribution is 0.628. The third kappa shape index (κ3) is 3.35. The summed E-state index contributed by atoms with van der Waals surface area (Å²) in [5.74, 6) is 0.0444. The summed E-state index contributed by atoms with van der Waals surface area (Å²) < 4.78 is 13.1. The molecule has 0 aliphatic heterocycles. The lowest BCUT2D eigenvalue weighted by Gasteiger charge is -2.09. The van der Waals surface area contributed by atoms with E-state index in [2.05, 4.69) is 9.97 Å². The number of benzene rings is 2. The fourth-order valence-corrected chi connectivity index (χ4v) is 2.29. The molecule has 0 atom stereocenters. The first kappa shape index (κ1) is 14.7. The van der Waals surface area contributed by atoms with Gasteiger partial charge in [0.1, 0.15) is 11.6 Å². The standard InChI is InChI=1S/C18H15FN4/c19-14-9-7-13(8-10-14)16-15(22-18(21)23-17(16)20)11-6-12-4-2-1-3-5-12/h1-11H,(H4,20,21,22,23)/b11-6+. The van der Waals surface area contributed by atoms with Crippen LogP contribution in [-0.2, 0) is 0 Å². The molecule has 0 fully saturated rings. The molecule has 0 radical (unpaired) electrons. The van der Waals surface area contributed by atoms with E-state index in [1.807, 2.05) is 42.5 Å². The molecule has 0 bridgehead atoms. The molecule has 2 aromatic carbocycles. The molecule has 1 heterocycles. The number of nitrogens with zero attached hydrogens (tertiary/aromatic N) is 2. The van der Waals surface area contributed by atoms with E-state index in [-0.39, 0.29) is 17.6 Å². The van der Waals surface area contributed by atoms with Crippen LogP contribution in [-0.4, -0.2) is 9.97 Å². The van der Waals surface area contributed by atoms with Crippen LogP contribution in [0.4, 0.5) is 16.2 Å². The molecule has 0 spiro atoms. The summed E-state index contributed by atoms with van der Waals surface area (Å²) in [6.07, 6.45) is 3.73. The summed E-state index contributed by atoms with van der Waals surface area (Å²) in [5.41, 5.74) is 14.7. The Balaban J connectivity index is 2.08. The number of halogens is 1. The average Bonchev–Trinajstić information content (AvgIpc) is 2.55. The second kappa shape index (κ2) is 6.27. The number of rotatable bonds is 3. The zero-order chi connectivity index (χ0) is 16.2. The van der Waals surface area contributed by atoms with Gasteiger partial charge >= 0.3 is 0 Å². The zero-order valence-electron chi connectivity index (χ0n) is 12.3. The molecule has 1 aromatic heterocycles. The van der Waals surface area contributed by atoms with E-state index in [1.54, 1.807) is 12.1 Å². The fraction of sp³-hybridized carbons (Fsp3) is 0. The van der Waals surface area contributed by atoms with Crippen LogP contribution >= 0.6 is 0 Å². The highest BCUT2D eigenvalue weighted by molar-refractivity contribution is 5.85. The Morgan fingerprint density at radius 1 is 0.826 bits per heavy atom. The van der Waals surface area contributed by atoms with Crippen LogP contribution in [0, 0.1) is 5.82 Å². The molecule has 114 valence electrons. The maximum atomic E-state index is 13.1. The molecule has 3 aromatic rings. The highest BCUT2D eigenvalue weighted by atomic mass is 19.1. The molecule has 5 heteroatoms. The molecule has 0 aliphatic carbocycles. The van der Waals surface area contributed by atoms with Gasteiger partial charge in [0, 0.05) is 5.56 Å². The lowest BCUT2D eigenvalue weighted by atomic mass is 10.0. The average molecular weight is 306 g/mol. The SMILES string of the molecule is Nc1nc(N)c(-c2ccc(F)cc2)c(/C=C/c2ccccc2)n1. The maximum absolute atomic E-state index is 13.1. The number of hydrogen-bond donors (Lipinski definition) is 2. The normalized spacial score (nSPS) is 11.0. The molecule has 0 saturated carbocycles. The van der Waals surface area contributed by atoms with Gasteiger partial charge in [-0.2, -0.15) is 4.98 Å². The predicted octanol–water partition coefficient (Wildman–Crippen LogP) is 3.62. The van der Waals surface area contributed by atoms with Gasteiger partial charge in [-0.05, 0) is 29.3 Å². The van der Waals surface area contributed by atoms with Crippen molar-refractivity contribution < 1.29 is 4.39 Å². The molecule has 0 unspecified atom stereocenters. The highest BCUT2D eigenvalue weighted by Crippen LogP contribution is 2.29. The Bertz CT molecular complexity index is 843. The van der Waals surface area contributed by atoms with Gasteiger partial charge in [-0.15, -0.1) is 0 Å². The second-order valence-electron chi connectivity index (χ2n) is 4.98. The van der Waals surface area contributed by atoms with Crippen LogP contribution in [0.15, 0.2) is 54.6 Å². The van der Waals surface area contributed by atoms with Crippen molar-refractivity contribution in [3.63, 3.8) is 0 Å². The summed E-state index contributed by atoms with van der Waals surface area (Å²) in [6.45, 7) is 0. The van der Waals surface area contributed by atoms with Crippen molar-refractivity contribution in [2.24, 2.45) is 0 Å². The Hall–Kier alpha value is -3.21. The second-order valence-corrected chi connectivity index (χ2v) is 4.98. The Morgan fingerprint density at radius 3 is 2.22 bits per heavy atom. The van der Waals surface area contributed by atoms with Gasteiger partial charge in [0.2, 0.25) is 5.95 Å². The quantitative estimate of drug-likeness (QED) is 0.774. The topological polar surface area (TPSA) is 77.8 Å². The Morgan fingerprint density at radius 2 is 1.52 bits per heavy atom. The van der Waals surface area contributed by atoms with Crippen molar-refractivity contribution in [2.75, 3.05) is 11.5 Å². The van der Waals surface area contributed by atoms with Gasteiger partial charge in [0.05, 0.1) is 5.69 Å². The Labute approximate surface area is 133 Å². The van der Waals surface area contributed by atoms with Crippen LogP contribution in [0.5, 0.6) is 0 Å². The maximum Gasteiger partial charge on any atom is 0.222 e. The molecular formula is C18H15FN4. The highest BCUT2D eigenvalue weighted by Gasteiger charge is 2.12. The summed E-state index contributed by atoms with van der Waals surface area (Å²) in [5, 5.41) is 0. The van der Waals surface area contributed by atoms with E-state index >= 15 is 0 Å². The fourth-order valence-electron chi connectivity index (χ4n) is 2.29. The Kier molecular flexibility index (Phi) is 4.01. The van der Waals surface area contributed by atoms with E-state index in [9.17, 15) is 4.39 Å². The van der Waals surface area contributed by atoms with Gasteiger partial charge < -0.3 is 11.5 Å². The van der Waals surface area contributed by atoms with Crippen LogP contribution < -0.4 is 11.5 Å². The van der Waals surface area contributed by atoms with Crippen LogP contribution in [0.2, 0.25) is 0 Å². The van der Waals surface area contributed by atoms with Gasteiger partial charge in [0.15, 0.2) is 0 Å². The van der Waals surface area contributed by atoms with Crippen LogP contribution in [0.3, 0.4) is 0 Å². The number of hydrogen-bond acceptors (Lipinski definition) is 4. The summed E-state index contributed by atoms with van der Waals surface area (Å²) in [7, 11) is 0. The third-order valence-corrected chi connectivity index (χ3v) is 3.35. The number of nitrogens with two attached hydrogens (primary N) is 2. The molecule has 0 saturated heterocycles. The molecule has 3 rings (SSSR count). The largest absolute Gasteiger partial charge is 0.383 e. The first-order valence-electron chi connectivity index (χ1n) is 7.05. The number of aromatic nitrogens is 2. The van der Waals surface area contributed by atoms with Gasteiger partial charge in [-0.3, -0.25) is 0 Å². The minimum atomic E-state index is -0.315. The van der Waals surface area contributed by atoms with Gasteiger partial charge in [-0.1, -0.05) is 48.5 Å². The van der Waals surface area contributed by atoms with E-state index < -0.39 is 0 Å². The van der Waals surface area contributed by atoms with Crippen LogP contribution in [0.1, 0.15) is 11.3 Å². The number of nitrogen functional groups attached to an aromatic ring is 2. The smallest absolute Gasteiger partial charge is 0.222 e. The van der Waals surface area contributed by atoms with E-state index in [1.165, 1.54) is 12.1 Å². The molecule has 4 nitrogen and oxygen atoms in total. The third-order valence-electron chi connectivity index (χ3n) is 3.35. The lowest BCUT2D eigenvalue weighted by Crippen LogP contribution is -2.04. The minimum Gasteiger partial charge on any atom is -0.383 e.